The Morgan fingerprint density at radius 3 is 3.00 bits per heavy atom. The van der Waals surface area contributed by atoms with Gasteiger partial charge in [0.2, 0.25) is 0 Å². The standard InChI is InChI=1S/C12H14N2O3/c13-9-2-1-3-10(6-9)14-7-12(17-11(14)15)4-5-16-8-12/h1-3,6H,4-5,7-8,13H2. The topological polar surface area (TPSA) is 64.8 Å². The number of hydrogen-bond donors (Lipinski definition) is 1. The Morgan fingerprint density at radius 2 is 2.29 bits per heavy atom. The Bertz CT molecular complexity index is 455. The van der Waals surface area contributed by atoms with Crippen LogP contribution in [0.15, 0.2) is 24.3 Å². The van der Waals surface area contributed by atoms with Gasteiger partial charge >= 0.3 is 6.09 Å². The molecule has 1 unspecified atom stereocenters. The second-order valence-corrected chi connectivity index (χ2v) is 4.53. The van der Waals surface area contributed by atoms with Crippen molar-refractivity contribution in [2.24, 2.45) is 0 Å². The molecule has 0 bridgehead atoms. The van der Waals surface area contributed by atoms with Gasteiger partial charge in [-0.3, -0.25) is 4.90 Å². The average molecular weight is 234 g/mol. The van der Waals surface area contributed by atoms with E-state index in [-0.39, 0.29) is 6.09 Å². The number of rotatable bonds is 1. The van der Waals surface area contributed by atoms with E-state index in [1.165, 1.54) is 0 Å². The Kier molecular flexibility index (Phi) is 2.22. The minimum atomic E-state index is -0.457. The predicted octanol–water partition coefficient (Wildman–Crippen LogP) is 1.38. The first-order valence-electron chi connectivity index (χ1n) is 5.62. The number of benzene rings is 1. The minimum Gasteiger partial charge on any atom is -0.438 e. The Labute approximate surface area is 99.1 Å². The summed E-state index contributed by atoms with van der Waals surface area (Å²) in [7, 11) is 0. The van der Waals surface area contributed by atoms with Crippen molar-refractivity contribution in [3.63, 3.8) is 0 Å². The zero-order chi connectivity index (χ0) is 11.9. The van der Waals surface area contributed by atoms with Gasteiger partial charge in [-0.25, -0.2) is 4.79 Å². The van der Waals surface area contributed by atoms with E-state index in [1.54, 1.807) is 17.0 Å². The third-order valence-corrected chi connectivity index (χ3v) is 3.22. The summed E-state index contributed by atoms with van der Waals surface area (Å²) in [6.07, 6.45) is 0.443. The molecule has 17 heavy (non-hydrogen) atoms. The Balaban J connectivity index is 1.87. The molecule has 1 spiro atoms. The first-order chi connectivity index (χ1) is 8.19. The fourth-order valence-electron chi connectivity index (χ4n) is 2.31. The van der Waals surface area contributed by atoms with Crippen LogP contribution in [0.3, 0.4) is 0 Å². The van der Waals surface area contributed by atoms with Gasteiger partial charge in [-0.1, -0.05) is 6.07 Å². The van der Waals surface area contributed by atoms with Gasteiger partial charge in [0.15, 0.2) is 5.60 Å². The van der Waals surface area contributed by atoms with Crippen LogP contribution < -0.4 is 10.6 Å². The molecule has 1 atom stereocenters. The van der Waals surface area contributed by atoms with E-state index >= 15 is 0 Å². The van der Waals surface area contributed by atoms with Crippen molar-refractivity contribution in [2.45, 2.75) is 12.0 Å². The van der Waals surface area contributed by atoms with Crippen LogP contribution in [0.5, 0.6) is 0 Å². The maximum Gasteiger partial charge on any atom is 0.415 e. The summed E-state index contributed by atoms with van der Waals surface area (Å²) in [5.41, 5.74) is 6.67. The van der Waals surface area contributed by atoms with Gasteiger partial charge in [-0.15, -0.1) is 0 Å². The lowest BCUT2D eigenvalue weighted by molar-refractivity contribution is 0.0435. The molecule has 0 saturated carbocycles. The minimum absolute atomic E-state index is 0.318. The highest BCUT2D eigenvalue weighted by atomic mass is 16.6. The number of ether oxygens (including phenoxy) is 2. The number of carbonyl (C=O) groups excluding carboxylic acids is 1. The third kappa shape index (κ3) is 1.72. The van der Waals surface area contributed by atoms with Crippen LogP contribution in [-0.2, 0) is 9.47 Å². The normalized spacial score (nSPS) is 27.8. The van der Waals surface area contributed by atoms with Gasteiger partial charge in [0, 0.05) is 17.8 Å². The number of nitrogens with zero attached hydrogens (tertiary/aromatic N) is 1. The smallest absolute Gasteiger partial charge is 0.415 e. The summed E-state index contributed by atoms with van der Waals surface area (Å²) in [5, 5.41) is 0. The number of carbonyl (C=O) groups is 1. The molecule has 2 fully saturated rings. The fraction of sp³-hybridized carbons (Fsp3) is 0.417. The number of anilines is 2. The summed E-state index contributed by atoms with van der Waals surface area (Å²) >= 11 is 0. The van der Waals surface area contributed by atoms with Gasteiger partial charge in [-0.2, -0.15) is 0 Å². The lowest BCUT2D eigenvalue weighted by Crippen LogP contribution is -2.34. The molecule has 5 nitrogen and oxygen atoms in total. The first-order valence-corrected chi connectivity index (χ1v) is 5.62. The Morgan fingerprint density at radius 1 is 1.41 bits per heavy atom. The lowest BCUT2D eigenvalue weighted by atomic mass is 10.0. The zero-order valence-corrected chi connectivity index (χ0v) is 9.39. The number of nitrogens with two attached hydrogens (primary N) is 1. The lowest BCUT2D eigenvalue weighted by Gasteiger charge is -2.18. The quantitative estimate of drug-likeness (QED) is 0.746. The molecule has 3 rings (SSSR count). The van der Waals surface area contributed by atoms with Crippen molar-refractivity contribution < 1.29 is 14.3 Å². The molecule has 2 heterocycles. The SMILES string of the molecule is Nc1cccc(N2CC3(CCOC3)OC2=O)c1. The largest absolute Gasteiger partial charge is 0.438 e. The maximum atomic E-state index is 11.9. The number of nitrogen functional groups attached to an aromatic ring is 1. The van der Waals surface area contributed by atoms with E-state index in [1.807, 2.05) is 12.1 Å². The van der Waals surface area contributed by atoms with Gasteiger partial charge in [0.1, 0.15) is 0 Å². The number of amides is 1. The molecule has 0 aromatic heterocycles. The van der Waals surface area contributed by atoms with E-state index in [4.69, 9.17) is 15.2 Å². The van der Waals surface area contributed by atoms with Crippen molar-refractivity contribution in [1.29, 1.82) is 0 Å². The molecular formula is C12H14N2O3. The monoisotopic (exact) mass is 234 g/mol. The highest BCUT2D eigenvalue weighted by Crippen LogP contribution is 2.34. The van der Waals surface area contributed by atoms with E-state index in [2.05, 4.69) is 0 Å². The fourth-order valence-corrected chi connectivity index (χ4v) is 2.31. The second kappa shape index (κ2) is 3.63. The predicted molar refractivity (Wildman–Crippen MR) is 62.8 cm³/mol. The van der Waals surface area contributed by atoms with E-state index < -0.39 is 5.60 Å². The molecule has 5 heteroatoms. The van der Waals surface area contributed by atoms with E-state index in [9.17, 15) is 4.79 Å². The van der Waals surface area contributed by atoms with Crippen LogP contribution in [0.2, 0.25) is 0 Å². The van der Waals surface area contributed by atoms with Gasteiger partial charge in [0.25, 0.3) is 0 Å². The van der Waals surface area contributed by atoms with Crippen LogP contribution in [-0.4, -0.2) is 31.5 Å². The molecular weight excluding hydrogens is 220 g/mol. The van der Waals surface area contributed by atoms with Gasteiger partial charge in [-0.05, 0) is 18.2 Å². The van der Waals surface area contributed by atoms with E-state index in [0.29, 0.717) is 25.4 Å². The number of hydrogen-bond acceptors (Lipinski definition) is 4. The Hall–Kier alpha value is -1.75. The molecule has 2 aliphatic heterocycles. The summed E-state index contributed by atoms with van der Waals surface area (Å²) < 4.78 is 10.7. The third-order valence-electron chi connectivity index (χ3n) is 3.22. The van der Waals surface area contributed by atoms with E-state index in [0.717, 1.165) is 12.1 Å². The maximum absolute atomic E-state index is 11.9. The summed E-state index contributed by atoms with van der Waals surface area (Å²) in [4.78, 5) is 13.5. The van der Waals surface area contributed by atoms with Crippen molar-refractivity contribution in [1.82, 2.24) is 0 Å². The molecule has 2 N–H and O–H groups in total. The molecule has 1 amide bonds. The van der Waals surface area contributed by atoms with Gasteiger partial charge in [0.05, 0.1) is 19.8 Å². The molecule has 90 valence electrons. The van der Waals surface area contributed by atoms with Crippen LogP contribution in [0, 0.1) is 0 Å². The first kappa shape index (κ1) is 10.4. The molecule has 0 radical (unpaired) electrons. The average Bonchev–Trinajstić information content (AvgIpc) is 2.87. The summed E-state index contributed by atoms with van der Waals surface area (Å²) in [6, 6.07) is 7.25. The van der Waals surface area contributed by atoms with Crippen molar-refractivity contribution in [2.75, 3.05) is 30.4 Å². The van der Waals surface area contributed by atoms with Crippen LogP contribution >= 0.6 is 0 Å². The highest BCUT2D eigenvalue weighted by molar-refractivity contribution is 5.90. The van der Waals surface area contributed by atoms with Crippen molar-refractivity contribution in [3.05, 3.63) is 24.3 Å². The molecule has 2 saturated heterocycles. The zero-order valence-electron chi connectivity index (χ0n) is 9.39. The van der Waals surface area contributed by atoms with Gasteiger partial charge < -0.3 is 15.2 Å². The van der Waals surface area contributed by atoms with Crippen molar-refractivity contribution >= 4 is 17.5 Å². The second-order valence-electron chi connectivity index (χ2n) is 4.53. The van der Waals surface area contributed by atoms with Crippen LogP contribution in [0.4, 0.5) is 16.2 Å². The molecule has 0 aliphatic carbocycles. The molecule has 1 aromatic carbocycles. The van der Waals surface area contributed by atoms with Crippen molar-refractivity contribution in [3.8, 4) is 0 Å². The summed E-state index contributed by atoms with van der Waals surface area (Å²) in [6.45, 7) is 1.67. The summed E-state index contributed by atoms with van der Waals surface area (Å²) in [5.74, 6) is 0. The molecule has 2 aliphatic rings. The van der Waals surface area contributed by atoms with Crippen LogP contribution in [0.1, 0.15) is 6.42 Å². The highest BCUT2D eigenvalue weighted by Gasteiger charge is 2.48. The van der Waals surface area contributed by atoms with Crippen LogP contribution in [0.25, 0.3) is 0 Å². The molecule has 1 aromatic rings.